The first-order valence-corrected chi connectivity index (χ1v) is 8.43. The van der Waals surface area contributed by atoms with E-state index >= 15 is 0 Å². The Balaban J connectivity index is 1.94. The van der Waals surface area contributed by atoms with Gasteiger partial charge in [0.25, 0.3) is 5.91 Å². The van der Waals surface area contributed by atoms with Gasteiger partial charge in [0.05, 0.1) is 29.8 Å². The zero-order valence-corrected chi connectivity index (χ0v) is 14.6. The Morgan fingerprint density at radius 1 is 1.33 bits per heavy atom. The first-order valence-electron chi connectivity index (χ1n) is 7.62. The number of morpholine rings is 1. The molecule has 1 atom stereocenters. The van der Waals surface area contributed by atoms with Crippen LogP contribution in [0.3, 0.4) is 0 Å². The summed E-state index contributed by atoms with van der Waals surface area (Å²) < 4.78 is 7.40. The number of amides is 1. The fourth-order valence-corrected chi connectivity index (χ4v) is 3.87. The summed E-state index contributed by atoms with van der Waals surface area (Å²) in [6.07, 6.45) is 0. The molecule has 0 bridgehead atoms. The molecule has 7 nitrogen and oxygen atoms in total. The second-order valence-electron chi connectivity index (χ2n) is 5.77. The molecule has 2 aromatic rings. The van der Waals surface area contributed by atoms with Crippen LogP contribution in [0, 0.1) is 13.8 Å². The maximum atomic E-state index is 12.9. The Morgan fingerprint density at radius 2 is 2.04 bits per heavy atom. The van der Waals surface area contributed by atoms with Crippen LogP contribution in [0.25, 0.3) is 0 Å². The van der Waals surface area contributed by atoms with Crippen molar-refractivity contribution in [3.63, 3.8) is 0 Å². The standard InChI is InChI=1S/C16H19N3O4S/c1-9-14(10(2)18(3)17-9)11-8-23-7-6-19(11)15(20)12-4-5-13(24-12)16(21)22/h4-5,11H,6-8H2,1-3H3,(H,21,22). The topological polar surface area (TPSA) is 84.7 Å². The molecule has 0 saturated carbocycles. The summed E-state index contributed by atoms with van der Waals surface area (Å²) in [5.74, 6) is -1.18. The van der Waals surface area contributed by atoms with E-state index in [0.29, 0.717) is 24.6 Å². The predicted octanol–water partition coefficient (Wildman–Crippen LogP) is 2.01. The molecule has 1 amide bonds. The number of nitrogens with zero attached hydrogens (tertiary/aromatic N) is 3. The number of carboxylic acids is 1. The highest BCUT2D eigenvalue weighted by Gasteiger charge is 2.33. The highest BCUT2D eigenvalue weighted by molar-refractivity contribution is 7.15. The predicted molar refractivity (Wildman–Crippen MR) is 88.6 cm³/mol. The summed E-state index contributed by atoms with van der Waals surface area (Å²) in [7, 11) is 1.88. The molecule has 0 aliphatic carbocycles. The highest BCUT2D eigenvalue weighted by atomic mass is 32.1. The molecule has 1 unspecified atom stereocenters. The van der Waals surface area contributed by atoms with Crippen LogP contribution in [0.2, 0.25) is 0 Å². The van der Waals surface area contributed by atoms with Crippen LogP contribution in [-0.2, 0) is 11.8 Å². The lowest BCUT2D eigenvalue weighted by molar-refractivity contribution is -0.00278. The highest BCUT2D eigenvalue weighted by Crippen LogP contribution is 2.31. The van der Waals surface area contributed by atoms with E-state index in [1.807, 2.05) is 20.9 Å². The largest absolute Gasteiger partial charge is 0.477 e. The van der Waals surface area contributed by atoms with Gasteiger partial charge in [-0.3, -0.25) is 9.48 Å². The number of aromatic nitrogens is 2. The number of ether oxygens (including phenoxy) is 1. The minimum atomic E-state index is -1.02. The third-order valence-corrected chi connectivity index (χ3v) is 5.38. The zero-order valence-electron chi connectivity index (χ0n) is 13.8. The number of carbonyl (C=O) groups excluding carboxylic acids is 1. The molecule has 1 saturated heterocycles. The number of thiophene rings is 1. The Hall–Kier alpha value is -2.19. The van der Waals surface area contributed by atoms with Gasteiger partial charge in [-0.15, -0.1) is 11.3 Å². The van der Waals surface area contributed by atoms with Crippen molar-refractivity contribution in [3.05, 3.63) is 38.8 Å². The van der Waals surface area contributed by atoms with Crippen molar-refractivity contribution in [1.29, 1.82) is 0 Å². The van der Waals surface area contributed by atoms with Crippen molar-refractivity contribution >= 4 is 23.2 Å². The lowest BCUT2D eigenvalue weighted by atomic mass is 10.0. The summed E-state index contributed by atoms with van der Waals surface area (Å²) in [6.45, 7) is 5.25. The molecule has 24 heavy (non-hydrogen) atoms. The Labute approximate surface area is 143 Å². The van der Waals surface area contributed by atoms with Gasteiger partial charge in [0.15, 0.2) is 0 Å². The first kappa shape index (κ1) is 16.7. The monoisotopic (exact) mass is 349 g/mol. The van der Waals surface area contributed by atoms with Crippen LogP contribution < -0.4 is 0 Å². The molecular weight excluding hydrogens is 330 g/mol. The van der Waals surface area contributed by atoms with Crippen molar-refractivity contribution < 1.29 is 19.4 Å². The molecule has 1 N–H and O–H groups in total. The molecule has 2 aromatic heterocycles. The van der Waals surface area contributed by atoms with E-state index in [0.717, 1.165) is 28.3 Å². The minimum absolute atomic E-state index is 0.163. The lowest BCUT2D eigenvalue weighted by Gasteiger charge is -2.35. The van der Waals surface area contributed by atoms with Gasteiger partial charge in [0.1, 0.15) is 4.88 Å². The molecule has 3 rings (SSSR count). The van der Waals surface area contributed by atoms with Gasteiger partial charge in [-0.2, -0.15) is 5.10 Å². The van der Waals surface area contributed by atoms with Crippen molar-refractivity contribution in [3.8, 4) is 0 Å². The smallest absolute Gasteiger partial charge is 0.345 e. The summed E-state index contributed by atoms with van der Waals surface area (Å²) >= 11 is 1.00. The first-order chi connectivity index (χ1) is 11.4. The van der Waals surface area contributed by atoms with Gasteiger partial charge < -0.3 is 14.7 Å². The van der Waals surface area contributed by atoms with E-state index in [2.05, 4.69) is 5.10 Å². The van der Waals surface area contributed by atoms with Crippen molar-refractivity contribution in [1.82, 2.24) is 14.7 Å². The lowest BCUT2D eigenvalue weighted by Crippen LogP contribution is -2.43. The van der Waals surface area contributed by atoms with Crippen molar-refractivity contribution in [2.24, 2.45) is 7.05 Å². The summed E-state index contributed by atoms with van der Waals surface area (Å²) in [4.78, 5) is 26.3. The molecule has 128 valence electrons. The van der Waals surface area contributed by atoms with Crippen LogP contribution in [0.4, 0.5) is 0 Å². The number of aryl methyl sites for hydroxylation is 2. The molecule has 0 radical (unpaired) electrons. The number of aromatic carboxylic acids is 1. The maximum Gasteiger partial charge on any atom is 0.345 e. The molecule has 1 fully saturated rings. The van der Waals surface area contributed by atoms with Crippen molar-refractivity contribution in [2.45, 2.75) is 19.9 Å². The van der Waals surface area contributed by atoms with Crippen LogP contribution in [0.5, 0.6) is 0 Å². The maximum absolute atomic E-state index is 12.9. The van der Waals surface area contributed by atoms with Crippen LogP contribution in [0.15, 0.2) is 12.1 Å². The van der Waals surface area contributed by atoms with E-state index in [4.69, 9.17) is 9.84 Å². The molecule has 8 heteroatoms. The molecule has 1 aliphatic rings. The van der Waals surface area contributed by atoms with Crippen molar-refractivity contribution in [2.75, 3.05) is 19.8 Å². The van der Waals surface area contributed by atoms with Crippen LogP contribution >= 0.6 is 11.3 Å². The number of carbonyl (C=O) groups is 2. The van der Waals surface area contributed by atoms with Gasteiger partial charge >= 0.3 is 5.97 Å². The summed E-state index contributed by atoms with van der Waals surface area (Å²) in [5.41, 5.74) is 2.87. The average Bonchev–Trinajstić information content (AvgIpc) is 3.13. The zero-order chi connectivity index (χ0) is 17.4. The number of rotatable bonds is 3. The second kappa shape index (κ2) is 6.37. The molecule has 0 aromatic carbocycles. The Bertz CT molecular complexity index is 795. The summed E-state index contributed by atoms with van der Waals surface area (Å²) in [6, 6.07) is 2.83. The average molecular weight is 349 g/mol. The minimum Gasteiger partial charge on any atom is -0.477 e. The van der Waals surface area contributed by atoms with E-state index in [1.54, 1.807) is 15.6 Å². The molecule has 3 heterocycles. The van der Waals surface area contributed by atoms with Gasteiger partial charge in [0, 0.05) is 24.8 Å². The van der Waals surface area contributed by atoms with Crippen LogP contribution in [-0.4, -0.2) is 51.4 Å². The van der Waals surface area contributed by atoms with E-state index in [-0.39, 0.29) is 16.8 Å². The number of carboxylic acid groups (broad SMARTS) is 1. The number of hydrogen-bond acceptors (Lipinski definition) is 5. The third-order valence-electron chi connectivity index (χ3n) is 4.32. The normalized spacial score (nSPS) is 18.0. The third kappa shape index (κ3) is 2.83. The van der Waals surface area contributed by atoms with Gasteiger partial charge in [-0.05, 0) is 26.0 Å². The fourth-order valence-electron chi connectivity index (χ4n) is 3.07. The SMILES string of the molecule is Cc1nn(C)c(C)c1C1COCCN1C(=O)c1ccc(C(=O)O)s1. The van der Waals surface area contributed by atoms with Crippen LogP contribution in [0.1, 0.15) is 42.3 Å². The van der Waals surface area contributed by atoms with E-state index < -0.39 is 5.97 Å². The molecule has 1 aliphatic heterocycles. The van der Waals surface area contributed by atoms with Gasteiger partial charge in [-0.25, -0.2) is 4.79 Å². The fraction of sp³-hybridized carbons (Fsp3) is 0.438. The van der Waals surface area contributed by atoms with E-state index in [1.165, 1.54) is 6.07 Å². The Kier molecular flexibility index (Phi) is 4.42. The molecular formula is C16H19N3O4S. The second-order valence-corrected chi connectivity index (χ2v) is 6.85. The van der Waals surface area contributed by atoms with Gasteiger partial charge in [0.2, 0.25) is 0 Å². The number of hydrogen-bond donors (Lipinski definition) is 1. The quantitative estimate of drug-likeness (QED) is 0.916. The summed E-state index contributed by atoms with van der Waals surface area (Å²) in [5, 5.41) is 13.5. The molecule has 0 spiro atoms. The van der Waals surface area contributed by atoms with E-state index in [9.17, 15) is 9.59 Å². The Morgan fingerprint density at radius 3 is 2.62 bits per heavy atom. The van der Waals surface area contributed by atoms with Gasteiger partial charge in [-0.1, -0.05) is 0 Å².